The number of carbonyl (C=O) groups is 1. The molecule has 1 aromatic carbocycles. The molecule has 30 heavy (non-hydrogen) atoms. The maximum Gasteiger partial charge on any atom is 0.314 e. The molecular formula is C21H18F2N4O3. The van der Waals surface area contributed by atoms with Crippen molar-refractivity contribution in [2.75, 3.05) is 0 Å². The molecule has 154 valence electrons. The summed E-state index contributed by atoms with van der Waals surface area (Å²) in [7, 11) is 0. The van der Waals surface area contributed by atoms with E-state index in [0.29, 0.717) is 23.4 Å². The summed E-state index contributed by atoms with van der Waals surface area (Å²) < 4.78 is 30.5. The molecule has 0 radical (unpaired) electrons. The zero-order valence-electron chi connectivity index (χ0n) is 15.8. The molecule has 1 aliphatic carbocycles. The summed E-state index contributed by atoms with van der Waals surface area (Å²) in [6.45, 7) is 0.367. The second kappa shape index (κ2) is 7.24. The van der Waals surface area contributed by atoms with Crippen molar-refractivity contribution in [3.8, 4) is 11.5 Å². The van der Waals surface area contributed by atoms with E-state index in [4.69, 9.17) is 4.42 Å². The molecular weight excluding hydrogens is 394 g/mol. The molecule has 0 spiro atoms. The van der Waals surface area contributed by atoms with E-state index in [1.165, 1.54) is 0 Å². The van der Waals surface area contributed by atoms with Gasteiger partial charge in [-0.3, -0.25) is 9.78 Å². The van der Waals surface area contributed by atoms with Crippen LogP contribution < -0.4 is 0 Å². The van der Waals surface area contributed by atoms with Gasteiger partial charge in [0.15, 0.2) is 0 Å². The number of pyridine rings is 1. The Balaban J connectivity index is 1.44. The van der Waals surface area contributed by atoms with Crippen LogP contribution in [0.2, 0.25) is 0 Å². The van der Waals surface area contributed by atoms with Crippen LogP contribution in [0.3, 0.4) is 0 Å². The van der Waals surface area contributed by atoms with Gasteiger partial charge in [-0.1, -0.05) is 12.1 Å². The van der Waals surface area contributed by atoms with Crippen molar-refractivity contribution < 1.29 is 23.1 Å². The van der Waals surface area contributed by atoms with Crippen LogP contribution in [0.25, 0.3) is 11.5 Å². The van der Waals surface area contributed by atoms with Crippen molar-refractivity contribution >= 4 is 5.91 Å². The van der Waals surface area contributed by atoms with Gasteiger partial charge in [0.25, 0.3) is 11.8 Å². The van der Waals surface area contributed by atoms with Crippen LogP contribution in [0.5, 0.6) is 0 Å². The van der Waals surface area contributed by atoms with Gasteiger partial charge in [0.2, 0.25) is 5.89 Å². The molecule has 2 aliphatic rings. The molecule has 3 heterocycles. The molecule has 1 N–H and O–H groups in total. The highest BCUT2D eigenvalue weighted by atomic mass is 19.3. The summed E-state index contributed by atoms with van der Waals surface area (Å²) >= 11 is 0. The van der Waals surface area contributed by atoms with E-state index in [1.807, 2.05) is 0 Å². The van der Waals surface area contributed by atoms with E-state index in [0.717, 1.165) is 18.4 Å². The number of hydrogen-bond acceptors (Lipinski definition) is 6. The molecule has 5 rings (SSSR count). The Morgan fingerprint density at radius 1 is 1.17 bits per heavy atom. The fourth-order valence-corrected chi connectivity index (χ4v) is 3.98. The Morgan fingerprint density at radius 3 is 2.67 bits per heavy atom. The number of benzene rings is 1. The average molecular weight is 412 g/mol. The Hall–Kier alpha value is -3.20. The predicted octanol–water partition coefficient (Wildman–Crippen LogP) is 3.54. The number of amides is 1. The van der Waals surface area contributed by atoms with Crippen molar-refractivity contribution in [2.24, 2.45) is 5.92 Å². The van der Waals surface area contributed by atoms with Gasteiger partial charge in [0, 0.05) is 23.9 Å². The Labute approximate surface area is 170 Å². The first-order valence-electron chi connectivity index (χ1n) is 9.67. The van der Waals surface area contributed by atoms with Crippen LogP contribution >= 0.6 is 0 Å². The van der Waals surface area contributed by atoms with E-state index in [1.54, 1.807) is 47.5 Å². The van der Waals surface area contributed by atoms with Gasteiger partial charge in [-0.2, -0.15) is 8.78 Å². The zero-order chi connectivity index (χ0) is 20.8. The van der Waals surface area contributed by atoms with Crippen LogP contribution in [0.1, 0.15) is 52.9 Å². The number of aromatic nitrogens is 3. The normalized spacial score (nSPS) is 18.0. The van der Waals surface area contributed by atoms with Crippen molar-refractivity contribution in [1.29, 1.82) is 0 Å². The number of aliphatic hydroxyl groups is 1. The minimum Gasteiger partial charge on any atom is -0.415 e. The lowest BCUT2D eigenvalue weighted by Crippen LogP contribution is -2.41. The standard InChI is InChI=1S/C21H18F2N4O3/c22-18(23)20-26-25-19(30-20)12-6-7-13-10-27(21(29)14(13)9-12)16(11-4-5-11)17(28)15-3-1-2-8-24-15/h1-3,6-9,11,16-18,28H,4-5,10H2/t16-,17+/m1/s1. The second-order valence-corrected chi connectivity index (χ2v) is 7.58. The third-order valence-corrected chi connectivity index (χ3v) is 5.60. The van der Waals surface area contributed by atoms with E-state index >= 15 is 0 Å². The van der Waals surface area contributed by atoms with Crippen LogP contribution in [0.4, 0.5) is 8.78 Å². The molecule has 3 aromatic rings. The second-order valence-electron chi connectivity index (χ2n) is 7.58. The minimum atomic E-state index is -2.86. The van der Waals surface area contributed by atoms with Crippen LogP contribution in [0.15, 0.2) is 47.0 Å². The topological polar surface area (TPSA) is 92.4 Å². The number of alkyl halides is 2. The molecule has 2 aromatic heterocycles. The van der Waals surface area contributed by atoms with E-state index in [-0.39, 0.29) is 23.8 Å². The molecule has 0 bridgehead atoms. The Kier molecular flexibility index (Phi) is 4.54. The van der Waals surface area contributed by atoms with E-state index < -0.39 is 18.4 Å². The number of carbonyl (C=O) groups excluding carboxylic acids is 1. The quantitative estimate of drug-likeness (QED) is 0.666. The molecule has 1 amide bonds. The molecule has 9 heteroatoms. The fourth-order valence-electron chi connectivity index (χ4n) is 3.98. The number of fused-ring (bicyclic) bond motifs is 1. The first-order valence-corrected chi connectivity index (χ1v) is 9.67. The molecule has 1 fully saturated rings. The highest BCUT2D eigenvalue weighted by Gasteiger charge is 2.45. The highest BCUT2D eigenvalue weighted by Crippen LogP contribution is 2.43. The molecule has 7 nitrogen and oxygen atoms in total. The molecule has 0 unspecified atom stereocenters. The van der Waals surface area contributed by atoms with Gasteiger partial charge >= 0.3 is 6.43 Å². The summed E-state index contributed by atoms with van der Waals surface area (Å²) in [6.07, 6.45) is -0.240. The lowest BCUT2D eigenvalue weighted by atomic mass is 10.0. The van der Waals surface area contributed by atoms with Crippen molar-refractivity contribution in [3.63, 3.8) is 0 Å². The van der Waals surface area contributed by atoms with Crippen LogP contribution in [-0.4, -0.2) is 37.1 Å². The van der Waals surface area contributed by atoms with Crippen molar-refractivity contribution in [3.05, 3.63) is 65.3 Å². The van der Waals surface area contributed by atoms with Crippen molar-refractivity contribution in [1.82, 2.24) is 20.1 Å². The lowest BCUT2D eigenvalue weighted by molar-refractivity contribution is 0.0277. The maximum atomic E-state index is 13.2. The van der Waals surface area contributed by atoms with Gasteiger partial charge in [0.1, 0.15) is 6.10 Å². The molecule has 2 atom stereocenters. The Bertz CT molecular complexity index is 1080. The van der Waals surface area contributed by atoms with E-state index in [2.05, 4.69) is 15.2 Å². The first kappa shape index (κ1) is 18.8. The van der Waals surface area contributed by atoms with Gasteiger partial charge < -0.3 is 14.4 Å². The molecule has 1 aliphatic heterocycles. The van der Waals surface area contributed by atoms with Gasteiger partial charge in [-0.25, -0.2) is 0 Å². The lowest BCUT2D eigenvalue weighted by Gasteiger charge is -2.31. The number of hydrogen-bond donors (Lipinski definition) is 1. The van der Waals surface area contributed by atoms with Gasteiger partial charge in [-0.05, 0) is 48.6 Å². The molecule has 0 saturated heterocycles. The smallest absolute Gasteiger partial charge is 0.314 e. The summed E-state index contributed by atoms with van der Waals surface area (Å²) in [5, 5.41) is 18.0. The maximum absolute atomic E-state index is 13.2. The first-order chi connectivity index (χ1) is 14.5. The van der Waals surface area contributed by atoms with Crippen LogP contribution in [-0.2, 0) is 6.54 Å². The summed E-state index contributed by atoms with van der Waals surface area (Å²) in [5.74, 6) is -0.825. The number of rotatable bonds is 6. The third kappa shape index (κ3) is 3.24. The third-order valence-electron chi connectivity index (χ3n) is 5.60. The Morgan fingerprint density at radius 2 is 2.00 bits per heavy atom. The van der Waals surface area contributed by atoms with Gasteiger partial charge in [0.05, 0.1) is 11.7 Å². The van der Waals surface area contributed by atoms with Crippen molar-refractivity contribution in [2.45, 2.75) is 38.0 Å². The van der Waals surface area contributed by atoms with E-state index in [9.17, 15) is 18.7 Å². The largest absolute Gasteiger partial charge is 0.415 e. The van der Waals surface area contributed by atoms with Gasteiger partial charge in [-0.15, -0.1) is 10.2 Å². The highest BCUT2D eigenvalue weighted by molar-refractivity contribution is 5.99. The molecule has 1 saturated carbocycles. The zero-order valence-corrected chi connectivity index (χ0v) is 15.8. The number of nitrogens with zero attached hydrogens (tertiary/aromatic N) is 4. The monoisotopic (exact) mass is 412 g/mol. The minimum absolute atomic E-state index is 0.0633. The average Bonchev–Trinajstić information content (AvgIpc) is 3.36. The summed E-state index contributed by atoms with van der Waals surface area (Å²) in [5.41, 5.74) is 2.18. The fraction of sp³-hybridized carbons (Fsp3) is 0.333. The summed E-state index contributed by atoms with van der Waals surface area (Å²) in [6, 6.07) is 9.96. The number of halogens is 2. The predicted molar refractivity (Wildman–Crippen MR) is 100 cm³/mol. The number of aliphatic hydroxyl groups excluding tert-OH is 1. The summed E-state index contributed by atoms with van der Waals surface area (Å²) in [4.78, 5) is 19.1. The SMILES string of the molecule is O=C1c2cc(-c3nnc(C(F)F)o3)ccc2CN1[C@H](C1CC1)[C@@H](O)c1ccccn1. The van der Waals surface area contributed by atoms with Crippen LogP contribution in [0, 0.1) is 5.92 Å².